The van der Waals surface area contributed by atoms with Crippen LogP contribution in [0.1, 0.15) is 30.3 Å². The third kappa shape index (κ3) is 3.53. The van der Waals surface area contributed by atoms with Gasteiger partial charge in [0.2, 0.25) is 0 Å². The minimum Gasteiger partial charge on any atom is -0.365 e. The molecule has 1 amide bonds. The van der Waals surface area contributed by atoms with Crippen LogP contribution in [0.4, 0.5) is 5.82 Å². The quantitative estimate of drug-likeness (QED) is 0.841. The van der Waals surface area contributed by atoms with Gasteiger partial charge < -0.3 is 10.2 Å². The molecule has 5 heteroatoms. The maximum absolute atomic E-state index is 12.2. The standard InChI is InChI=1S/C14H20N4O/c1-3-6-15-13-10-16-12(9-17-13)14(19)18-7-4-11(2)5-8-18/h3,9-11H,1,4-8H2,2H3,(H,15,17). The van der Waals surface area contributed by atoms with E-state index in [-0.39, 0.29) is 5.91 Å². The maximum atomic E-state index is 12.2. The van der Waals surface area contributed by atoms with Crippen molar-refractivity contribution in [1.82, 2.24) is 14.9 Å². The Hall–Kier alpha value is -1.91. The van der Waals surface area contributed by atoms with Gasteiger partial charge in [-0.15, -0.1) is 6.58 Å². The average molecular weight is 260 g/mol. The van der Waals surface area contributed by atoms with Crippen molar-refractivity contribution in [2.75, 3.05) is 25.0 Å². The molecule has 1 N–H and O–H groups in total. The summed E-state index contributed by atoms with van der Waals surface area (Å²) in [5, 5.41) is 3.03. The predicted molar refractivity (Wildman–Crippen MR) is 75.0 cm³/mol. The zero-order chi connectivity index (χ0) is 13.7. The van der Waals surface area contributed by atoms with E-state index in [0.29, 0.717) is 24.0 Å². The molecule has 1 aromatic rings. The summed E-state index contributed by atoms with van der Waals surface area (Å²) in [5.41, 5.74) is 0.415. The average Bonchev–Trinajstić information content (AvgIpc) is 2.46. The molecule has 0 saturated carbocycles. The lowest BCUT2D eigenvalue weighted by atomic mass is 9.99. The number of hydrogen-bond acceptors (Lipinski definition) is 4. The number of amides is 1. The molecule has 0 radical (unpaired) electrons. The van der Waals surface area contributed by atoms with E-state index in [1.807, 2.05) is 4.90 Å². The van der Waals surface area contributed by atoms with Crippen LogP contribution < -0.4 is 5.32 Å². The van der Waals surface area contributed by atoms with Crippen LogP contribution in [-0.2, 0) is 0 Å². The summed E-state index contributed by atoms with van der Waals surface area (Å²) in [6.45, 7) is 8.11. The molecule has 19 heavy (non-hydrogen) atoms. The Morgan fingerprint density at radius 3 is 2.79 bits per heavy atom. The topological polar surface area (TPSA) is 58.1 Å². The van der Waals surface area contributed by atoms with Crippen LogP contribution >= 0.6 is 0 Å². The second-order valence-electron chi connectivity index (χ2n) is 4.93. The molecule has 0 spiro atoms. The van der Waals surface area contributed by atoms with Crippen molar-refractivity contribution in [3.63, 3.8) is 0 Å². The first-order valence-corrected chi connectivity index (χ1v) is 6.67. The molecular formula is C14H20N4O. The Kier molecular flexibility index (Phi) is 4.49. The van der Waals surface area contributed by atoms with Gasteiger partial charge in [0, 0.05) is 19.6 Å². The molecular weight excluding hydrogens is 240 g/mol. The van der Waals surface area contributed by atoms with Crippen molar-refractivity contribution in [1.29, 1.82) is 0 Å². The molecule has 0 aromatic carbocycles. The first-order chi connectivity index (χ1) is 9.20. The van der Waals surface area contributed by atoms with Crippen LogP contribution in [0.5, 0.6) is 0 Å². The van der Waals surface area contributed by atoms with Gasteiger partial charge in [-0.25, -0.2) is 9.97 Å². The van der Waals surface area contributed by atoms with Gasteiger partial charge in [-0.2, -0.15) is 0 Å². The molecule has 0 aliphatic carbocycles. The Bertz CT molecular complexity index is 435. The molecule has 5 nitrogen and oxygen atoms in total. The minimum absolute atomic E-state index is 0.0188. The highest BCUT2D eigenvalue weighted by atomic mass is 16.2. The monoisotopic (exact) mass is 260 g/mol. The number of carbonyl (C=O) groups excluding carboxylic acids is 1. The maximum Gasteiger partial charge on any atom is 0.274 e. The van der Waals surface area contributed by atoms with Gasteiger partial charge in [0.15, 0.2) is 0 Å². The van der Waals surface area contributed by atoms with Crippen molar-refractivity contribution < 1.29 is 4.79 Å². The fraction of sp³-hybridized carbons (Fsp3) is 0.500. The summed E-state index contributed by atoms with van der Waals surface area (Å²) < 4.78 is 0. The lowest BCUT2D eigenvalue weighted by molar-refractivity contribution is 0.0691. The van der Waals surface area contributed by atoms with E-state index in [4.69, 9.17) is 0 Å². The van der Waals surface area contributed by atoms with E-state index in [9.17, 15) is 4.79 Å². The molecule has 1 fully saturated rings. The predicted octanol–water partition coefficient (Wildman–Crippen LogP) is 1.95. The Morgan fingerprint density at radius 2 is 2.21 bits per heavy atom. The van der Waals surface area contributed by atoms with Crippen molar-refractivity contribution in [2.45, 2.75) is 19.8 Å². The fourth-order valence-electron chi connectivity index (χ4n) is 2.08. The van der Waals surface area contributed by atoms with E-state index >= 15 is 0 Å². The number of rotatable bonds is 4. The number of nitrogens with zero attached hydrogens (tertiary/aromatic N) is 3. The number of likely N-dealkylation sites (tertiary alicyclic amines) is 1. The number of piperidine rings is 1. The molecule has 0 bridgehead atoms. The Morgan fingerprint density at radius 1 is 1.47 bits per heavy atom. The van der Waals surface area contributed by atoms with Crippen LogP contribution in [-0.4, -0.2) is 40.4 Å². The molecule has 1 saturated heterocycles. The van der Waals surface area contributed by atoms with E-state index in [1.54, 1.807) is 12.3 Å². The number of anilines is 1. The summed E-state index contributed by atoms with van der Waals surface area (Å²) >= 11 is 0. The van der Waals surface area contributed by atoms with Crippen molar-refractivity contribution in [2.24, 2.45) is 5.92 Å². The number of hydrogen-bond donors (Lipinski definition) is 1. The first kappa shape index (κ1) is 13.5. The van der Waals surface area contributed by atoms with Gasteiger partial charge in [0.25, 0.3) is 5.91 Å². The number of nitrogens with one attached hydrogen (secondary N) is 1. The van der Waals surface area contributed by atoms with Crippen molar-refractivity contribution >= 4 is 11.7 Å². The van der Waals surface area contributed by atoms with E-state index in [1.165, 1.54) is 6.20 Å². The van der Waals surface area contributed by atoms with Gasteiger partial charge in [-0.1, -0.05) is 13.0 Å². The molecule has 0 unspecified atom stereocenters. The lowest BCUT2D eigenvalue weighted by Gasteiger charge is -2.29. The van der Waals surface area contributed by atoms with E-state index in [0.717, 1.165) is 25.9 Å². The third-order valence-electron chi connectivity index (χ3n) is 3.37. The highest BCUT2D eigenvalue weighted by Gasteiger charge is 2.22. The van der Waals surface area contributed by atoms with Gasteiger partial charge in [-0.05, 0) is 18.8 Å². The largest absolute Gasteiger partial charge is 0.365 e. The molecule has 1 aliphatic rings. The summed E-state index contributed by atoms with van der Waals surface area (Å²) in [5.74, 6) is 1.35. The molecule has 1 aromatic heterocycles. The lowest BCUT2D eigenvalue weighted by Crippen LogP contribution is -2.38. The first-order valence-electron chi connectivity index (χ1n) is 6.67. The highest BCUT2D eigenvalue weighted by molar-refractivity contribution is 5.92. The zero-order valence-corrected chi connectivity index (χ0v) is 11.3. The SMILES string of the molecule is C=CCNc1cnc(C(=O)N2CCC(C)CC2)cn1. The number of aromatic nitrogens is 2. The van der Waals surface area contributed by atoms with Gasteiger partial charge in [0.05, 0.1) is 12.4 Å². The zero-order valence-electron chi connectivity index (χ0n) is 11.3. The van der Waals surface area contributed by atoms with Crippen molar-refractivity contribution in [3.8, 4) is 0 Å². The van der Waals surface area contributed by atoms with E-state index < -0.39 is 0 Å². The second kappa shape index (κ2) is 6.31. The summed E-state index contributed by atoms with van der Waals surface area (Å²) in [4.78, 5) is 22.4. The van der Waals surface area contributed by atoms with Crippen LogP contribution in [0.25, 0.3) is 0 Å². The second-order valence-corrected chi connectivity index (χ2v) is 4.93. The molecule has 2 rings (SSSR count). The summed E-state index contributed by atoms with van der Waals surface area (Å²) in [7, 11) is 0. The van der Waals surface area contributed by atoms with Crippen LogP contribution in [0.3, 0.4) is 0 Å². The van der Waals surface area contributed by atoms with Crippen LogP contribution in [0.2, 0.25) is 0 Å². The number of carbonyl (C=O) groups is 1. The fourth-order valence-corrected chi connectivity index (χ4v) is 2.08. The van der Waals surface area contributed by atoms with Gasteiger partial charge >= 0.3 is 0 Å². The molecule has 0 atom stereocenters. The van der Waals surface area contributed by atoms with Crippen LogP contribution in [0.15, 0.2) is 25.0 Å². The third-order valence-corrected chi connectivity index (χ3v) is 3.37. The summed E-state index contributed by atoms with van der Waals surface area (Å²) in [6.07, 6.45) is 7.00. The molecule has 2 heterocycles. The minimum atomic E-state index is -0.0188. The summed E-state index contributed by atoms with van der Waals surface area (Å²) in [6, 6.07) is 0. The molecule has 102 valence electrons. The smallest absolute Gasteiger partial charge is 0.274 e. The van der Waals surface area contributed by atoms with E-state index in [2.05, 4.69) is 28.8 Å². The molecule has 1 aliphatic heterocycles. The Labute approximate surface area is 113 Å². The highest BCUT2D eigenvalue weighted by Crippen LogP contribution is 2.17. The normalized spacial score (nSPS) is 16.2. The van der Waals surface area contributed by atoms with Crippen LogP contribution in [0, 0.1) is 5.92 Å². The van der Waals surface area contributed by atoms with Gasteiger partial charge in [-0.3, -0.25) is 4.79 Å². The van der Waals surface area contributed by atoms with Crippen molar-refractivity contribution in [3.05, 3.63) is 30.7 Å². The Balaban J connectivity index is 1.97. The van der Waals surface area contributed by atoms with Gasteiger partial charge in [0.1, 0.15) is 11.5 Å².